The van der Waals surface area contributed by atoms with Crippen molar-refractivity contribution in [2.24, 2.45) is 12.0 Å². The number of hydrogen-bond donors (Lipinski definition) is 1. The molecule has 1 saturated heterocycles. The zero-order valence-electron chi connectivity index (χ0n) is 16.7. The number of benzene rings is 1. The Kier molecular flexibility index (Phi) is 8.10. The molecular formula is C19H24F3IN6O. The van der Waals surface area contributed by atoms with Crippen molar-refractivity contribution in [1.82, 2.24) is 20.0 Å². The first-order valence-corrected chi connectivity index (χ1v) is 9.26. The van der Waals surface area contributed by atoms with E-state index in [1.807, 2.05) is 11.8 Å². The summed E-state index contributed by atoms with van der Waals surface area (Å²) in [4.78, 5) is 20.5. The predicted octanol–water partition coefficient (Wildman–Crippen LogP) is 2.87. The maximum absolute atomic E-state index is 12.9. The van der Waals surface area contributed by atoms with Crippen LogP contribution in [0.3, 0.4) is 0 Å². The van der Waals surface area contributed by atoms with Crippen LogP contribution in [0.4, 0.5) is 18.9 Å². The maximum Gasteiger partial charge on any atom is 0.416 e. The molecule has 7 nitrogen and oxygen atoms in total. The largest absolute Gasteiger partial charge is 0.416 e. The molecule has 0 atom stereocenters. The summed E-state index contributed by atoms with van der Waals surface area (Å²) in [5.74, 6) is 0.415. The average Bonchev–Trinajstić information content (AvgIpc) is 3.10. The van der Waals surface area contributed by atoms with Gasteiger partial charge in [0.25, 0.3) is 0 Å². The van der Waals surface area contributed by atoms with Gasteiger partial charge in [0, 0.05) is 32.9 Å². The summed E-state index contributed by atoms with van der Waals surface area (Å²) in [6, 6.07) is 5.11. The molecular weight excluding hydrogens is 512 g/mol. The third-order valence-electron chi connectivity index (χ3n) is 4.52. The topological polar surface area (TPSA) is 65.8 Å². The lowest BCUT2D eigenvalue weighted by Gasteiger charge is -2.35. The Morgan fingerprint density at radius 3 is 2.67 bits per heavy atom. The van der Waals surface area contributed by atoms with Crippen molar-refractivity contribution in [3.8, 4) is 0 Å². The summed E-state index contributed by atoms with van der Waals surface area (Å²) in [6.07, 6.45) is -0.972. The number of carbonyl (C=O) groups excluding carboxylic acids is 1. The van der Waals surface area contributed by atoms with Crippen molar-refractivity contribution in [3.63, 3.8) is 0 Å². The molecule has 1 amide bonds. The standard InChI is InChI=1S/C19H23F3N6O.HI/c1-3-23-18(24-10-14-5-4-6-15(9-14)19(20,21)22)27-7-8-28(17(29)13-27)16-11-25-26(2)12-16;/h4-6,9,11-12H,3,7-8,10,13H2,1-2H3,(H,23,24);1H. The molecule has 164 valence electrons. The summed E-state index contributed by atoms with van der Waals surface area (Å²) in [7, 11) is 1.79. The van der Waals surface area contributed by atoms with Gasteiger partial charge in [0.2, 0.25) is 5.91 Å². The van der Waals surface area contributed by atoms with Crippen LogP contribution in [0.15, 0.2) is 41.7 Å². The molecule has 0 unspecified atom stereocenters. The normalized spacial score (nSPS) is 15.2. The molecule has 2 aromatic rings. The van der Waals surface area contributed by atoms with Crippen LogP contribution in [0.25, 0.3) is 0 Å². The van der Waals surface area contributed by atoms with E-state index < -0.39 is 11.7 Å². The molecule has 0 saturated carbocycles. The molecule has 2 heterocycles. The third-order valence-corrected chi connectivity index (χ3v) is 4.52. The molecule has 1 fully saturated rings. The van der Waals surface area contributed by atoms with Gasteiger partial charge in [-0.25, -0.2) is 4.99 Å². The highest BCUT2D eigenvalue weighted by Crippen LogP contribution is 2.29. The minimum atomic E-state index is -4.39. The fraction of sp³-hybridized carbons (Fsp3) is 0.421. The highest BCUT2D eigenvalue weighted by molar-refractivity contribution is 14.0. The number of amides is 1. The van der Waals surface area contributed by atoms with Gasteiger partial charge in [-0.1, -0.05) is 12.1 Å². The molecule has 1 aliphatic heterocycles. The number of alkyl halides is 3. The summed E-state index contributed by atoms with van der Waals surface area (Å²) >= 11 is 0. The van der Waals surface area contributed by atoms with Gasteiger partial charge < -0.3 is 15.1 Å². The van der Waals surface area contributed by atoms with E-state index >= 15 is 0 Å². The molecule has 0 aliphatic carbocycles. The number of carbonyl (C=O) groups is 1. The number of aliphatic imine (C=N–C) groups is 1. The van der Waals surface area contributed by atoms with Crippen LogP contribution >= 0.6 is 24.0 Å². The smallest absolute Gasteiger partial charge is 0.356 e. The predicted molar refractivity (Wildman–Crippen MR) is 119 cm³/mol. The average molecular weight is 536 g/mol. The van der Waals surface area contributed by atoms with E-state index in [-0.39, 0.29) is 43.0 Å². The van der Waals surface area contributed by atoms with Gasteiger partial charge in [0.15, 0.2) is 5.96 Å². The van der Waals surface area contributed by atoms with E-state index in [4.69, 9.17) is 0 Å². The Morgan fingerprint density at radius 2 is 2.07 bits per heavy atom. The molecule has 11 heteroatoms. The maximum atomic E-state index is 12.9. The van der Waals surface area contributed by atoms with Crippen LogP contribution in [0.5, 0.6) is 0 Å². The SMILES string of the molecule is CCNC(=NCc1cccc(C(F)(F)F)c1)N1CCN(c2cnn(C)c2)C(=O)C1.I. The Balaban J connectivity index is 0.00000320. The Bertz CT molecular complexity index is 898. The Morgan fingerprint density at radius 1 is 1.30 bits per heavy atom. The van der Waals surface area contributed by atoms with Gasteiger partial charge in [-0.15, -0.1) is 24.0 Å². The van der Waals surface area contributed by atoms with Crippen LogP contribution in [0.1, 0.15) is 18.1 Å². The van der Waals surface area contributed by atoms with Gasteiger partial charge in [-0.2, -0.15) is 18.3 Å². The molecule has 0 radical (unpaired) electrons. The van der Waals surface area contributed by atoms with Crippen molar-refractivity contribution in [2.75, 3.05) is 31.1 Å². The van der Waals surface area contributed by atoms with Gasteiger partial charge >= 0.3 is 6.18 Å². The molecule has 30 heavy (non-hydrogen) atoms. The zero-order valence-corrected chi connectivity index (χ0v) is 19.0. The van der Waals surface area contributed by atoms with E-state index in [1.54, 1.807) is 35.1 Å². The van der Waals surface area contributed by atoms with E-state index in [0.29, 0.717) is 31.2 Å². The molecule has 0 bridgehead atoms. The highest BCUT2D eigenvalue weighted by atomic mass is 127. The number of nitrogens with zero attached hydrogens (tertiary/aromatic N) is 5. The summed E-state index contributed by atoms with van der Waals surface area (Å²) in [6.45, 7) is 3.71. The minimum Gasteiger partial charge on any atom is -0.356 e. The molecule has 1 aromatic heterocycles. The zero-order chi connectivity index (χ0) is 21.0. The van der Waals surface area contributed by atoms with Gasteiger partial charge in [0.05, 0.1) is 24.0 Å². The summed E-state index contributed by atoms with van der Waals surface area (Å²) in [5, 5.41) is 7.20. The number of nitrogens with one attached hydrogen (secondary N) is 1. The number of halogens is 4. The van der Waals surface area contributed by atoms with E-state index in [2.05, 4.69) is 15.4 Å². The minimum absolute atomic E-state index is 0. The first-order chi connectivity index (χ1) is 13.8. The van der Waals surface area contributed by atoms with Crippen LogP contribution in [0, 0.1) is 0 Å². The van der Waals surface area contributed by atoms with Crippen LogP contribution < -0.4 is 10.2 Å². The van der Waals surface area contributed by atoms with Crippen LogP contribution in [0.2, 0.25) is 0 Å². The molecule has 1 aliphatic rings. The van der Waals surface area contributed by atoms with Crippen LogP contribution in [-0.4, -0.2) is 52.7 Å². The van der Waals surface area contributed by atoms with Gasteiger partial charge in [-0.3, -0.25) is 9.48 Å². The first kappa shape index (κ1) is 24.0. The lowest BCUT2D eigenvalue weighted by molar-refractivity contribution is -0.137. The fourth-order valence-electron chi connectivity index (χ4n) is 3.11. The quantitative estimate of drug-likeness (QED) is 0.371. The second kappa shape index (κ2) is 10.1. The van der Waals surface area contributed by atoms with Crippen molar-refractivity contribution < 1.29 is 18.0 Å². The second-order valence-electron chi connectivity index (χ2n) is 6.71. The second-order valence-corrected chi connectivity index (χ2v) is 6.71. The Hall–Kier alpha value is -2.31. The number of anilines is 1. The van der Waals surface area contributed by atoms with Crippen molar-refractivity contribution in [3.05, 3.63) is 47.8 Å². The van der Waals surface area contributed by atoms with E-state index in [1.165, 1.54) is 6.07 Å². The number of aryl methyl sites for hydroxylation is 1. The monoisotopic (exact) mass is 536 g/mol. The van der Waals surface area contributed by atoms with Crippen molar-refractivity contribution >= 4 is 41.5 Å². The number of hydrogen-bond acceptors (Lipinski definition) is 3. The number of rotatable bonds is 4. The van der Waals surface area contributed by atoms with Crippen molar-refractivity contribution in [2.45, 2.75) is 19.6 Å². The fourth-order valence-corrected chi connectivity index (χ4v) is 3.11. The Labute approximate surface area is 190 Å². The highest BCUT2D eigenvalue weighted by Gasteiger charge is 2.30. The number of piperazine rings is 1. The van der Waals surface area contributed by atoms with Gasteiger partial charge in [-0.05, 0) is 24.6 Å². The molecule has 1 aromatic carbocycles. The lowest BCUT2D eigenvalue weighted by Crippen LogP contribution is -2.55. The van der Waals surface area contributed by atoms with Crippen LogP contribution in [-0.2, 0) is 24.6 Å². The van der Waals surface area contributed by atoms with Gasteiger partial charge in [0.1, 0.15) is 6.54 Å². The van der Waals surface area contributed by atoms with E-state index in [0.717, 1.165) is 17.8 Å². The number of aromatic nitrogens is 2. The molecule has 3 rings (SSSR count). The molecule has 1 N–H and O–H groups in total. The van der Waals surface area contributed by atoms with Crippen molar-refractivity contribution in [1.29, 1.82) is 0 Å². The third kappa shape index (κ3) is 5.86. The lowest BCUT2D eigenvalue weighted by atomic mass is 10.1. The molecule has 0 spiro atoms. The summed E-state index contributed by atoms with van der Waals surface area (Å²) in [5.41, 5.74) is 0.495. The van der Waals surface area contributed by atoms with E-state index in [9.17, 15) is 18.0 Å². The first-order valence-electron chi connectivity index (χ1n) is 9.26. The summed E-state index contributed by atoms with van der Waals surface area (Å²) < 4.78 is 40.3. The number of guanidine groups is 1.